The van der Waals surface area contributed by atoms with Crippen molar-refractivity contribution in [3.63, 3.8) is 0 Å². The largest absolute Gasteiger partial charge is 0.300 e. The van der Waals surface area contributed by atoms with Crippen LogP contribution >= 0.6 is 0 Å². The zero-order valence-corrected chi connectivity index (χ0v) is 15.1. The van der Waals surface area contributed by atoms with Gasteiger partial charge in [-0.2, -0.15) is 0 Å². The fourth-order valence-electron chi connectivity index (χ4n) is 6.60. The van der Waals surface area contributed by atoms with Crippen LogP contribution in [0.4, 0.5) is 4.39 Å². The summed E-state index contributed by atoms with van der Waals surface area (Å²) in [5, 5.41) is 0. The first-order valence-electron chi connectivity index (χ1n) is 9.31. The highest BCUT2D eigenvalue weighted by Crippen LogP contribution is 2.67. The third kappa shape index (κ3) is 1.89. The van der Waals surface area contributed by atoms with Gasteiger partial charge in [-0.3, -0.25) is 14.4 Å². The summed E-state index contributed by atoms with van der Waals surface area (Å²) in [5.41, 5.74) is -2.67. The van der Waals surface area contributed by atoms with E-state index in [1.807, 2.05) is 6.92 Å². The van der Waals surface area contributed by atoms with Crippen molar-refractivity contribution in [2.45, 2.75) is 58.5 Å². The number of hydrogen-bond acceptors (Lipinski definition) is 3. The molecule has 0 saturated heterocycles. The van der Waals surface area contributed by atoms with Gasteiger partial charge in [-0.05, 0) is 63.0 Å². The van der Waals surface area contributed by atoms with E-state index in [4.69, 9.17) is 0 Å². The minimum absolute atomic E-state index is 0.0495. The number of carbonyl (C=O) groups excluding carboxylic acids is 3. The molecular formula is C21H25FO3. The molecule has 0 amide bonds. The Morgan fingerprint density at radius 2 is 1.88 bits per heavy atom. The second-order valence-corrected chi connectivity index (χ2v) is 8.92. The standard InChI is InChI=1S/C21H25FO3/c1-12(23)15-6-7-16-17-5-4-13-10-14(24)8-9-20(13,3)21(17,22)18(25)11-19(15,16)2/h8-10,15-17H,4-7,11H2,1-3H3/t15-,16+,17+,19-,20+,21+/m1/s1. The number of alkyl halides is 1. The fourth-order valence-corrected chi connectivity index (χ4v) is 6.60. The highest BCUT2D eigenvalue weighted by molar-refractivity contribution is 6.02. The second-order valence-electron chi connectivity index (χ2n) is 8.92. The van der Waals surface area contributed by atoms with Crippen molar-refractivity contribution in [3.05, 3.63) is 23.8 Å². The third-order valence-corrected chi connectivity index (χ3v) is 7.89. The molecule has 0 unspecified atom stereocenters. The van der Waals surface area contributed by atoms with Crippen molar-refractivity contribution in [3.8, 4) is 0 Å². The van der Waals surface area contributed by atoms with Crippen molar-refractivity contribution >= 4 is 17.3 Å². The van der Waals surface area contributed by atoms with Gasteiger partial charge in [0.15, 0.2) is 17.2 Å². The summed E-state index contributed by atoms with van der Waals surface area (Å²) in [5.74, 6) is -0.845. The van der Waals surface area contributed by atoms with Crippen LogP contribution in [0.3, 0.4) is 0 Å². The molecule has 134 valence electrons. The summed E-state index contributed by atoms with van der Waals surface area (Å²) in [6, 6.07) is 0. The summed E-state index contributed by atoms with van der Waals surface area (Å²) in [6.07, 6.45) is 7.46. The number of fused-ring (bicyclic) bond motifs is 5. The van der Waals surface area contributed by atoms with Crippen LogP contribution in [-0.4, -0.2) is 23.0 Å². The molecule has 0 aromatic carbocycles. The number of ketones is 3. The van der Waals surface area contributed by atoms with E-state index in [0.717, 1.165) is 18.4 Å². The zero-order valence-electron chi connectivity index (χ0n) is 15.1. The molecule has 4 aliphatic carbocycles. The molecule has 3 saturated carbocycles. The lowest BCUT2D eigenvalue weighted by molar-refractivity contribution is -0.167. The van der Waals surface area contributed by atoms with Gasteiger partial charge >= 0.3 is 0 Å². The smallest absolute Gasteiger partial charge is 0.184 e. The summed E-state index contributed by atoms with van der Waals surface area (Å²) >= 11 is 0. The normalized spacial score (nSPS) is 48.5. The van der Waals surface area contributed by atoms with Crippen LogP contribution in [0.5, 0.6) is 0 Å². The molecule has 4 heteroatoms. The second kappa shape index (κ2) is 4.99. The Morgan fingerprint density at radius 3 is 2.56 bits per heavy atom. The Hall–Kier alpha value is -1.58. The van der Waals surface area contributed by atoms with Gasteiger partial charge in [-0.25, -0.2) is 4.39 Å². The lowest BCUT2D eigenvalue weighted by Crippen LogP contribution is -2.65. The van der Waals surface area contributed by atoms with Crippen LogP contribution < -0.4 is 0 Å². The van der Waals surface area contributed by atoms with E-state index in [1.165, 1.54) is 12.2 Å². The van der Waals surface area contributed by atoms with E-state index in [2.05, 4.69) is 0 Å². The molecule has 0 aromatic rings. The molecule has 0 heterocycles. The number of Topliss-reactive ketones (excluding diaryl/α,β-unsaturated/α-hetero) is 2. The van der Waals surface area contributed by atoms with Gasteiger partial charge in [0, 0.05) is 23.7 Å². The average molecular weight is 344 g/mol. The maximum atomic E-state index is 16.6. The molecule has 0 aromatic heterocycles. The predicted molar refractivity (Wildman–Crippen MR) is 91.5 cm³/mol. The first kappa shape index (κ1) is 16.9. The number of carbonyl (C=O) groups is 3. The van der Waals surface area contributed by atoms with Crippen LogP contribution in [0.15, 0.2) is 23.8 Å². The van der Waals surface area contributed by atoms with Gasteiger partial charge in [-0.1, -0.05) is 18.6 Å². The summed E-state index contributed by atoms with van der Waals surface area (Å²) in [6.45, 7) is 5.38. The Kier molecular flexibility index (Phi) is 3.36. The number of hydrogen-bond donors (Lipinski definition) is 0. The summed E-state index contributed by atoms with van der Waals surface area (Å²) in [7, 11) is 0. The SMILES string of the molecule is CC(=O)[C@H]1CC[C@H]2[C@@H]3CCC4=CC(=O)C=C[C@]4(C)[C@@]3(F)C(=O)C[C@]12C. The van der Waals surface area contributed by atoms with Crippen LogP contribution in [0.1, 0.15) is 52.9 Å². The number of rotatable bonds is 1. The van der Waals surface area contributed by atoms with E-state index in [0.29, 0.717) is 12.8 Å². The van der Waals surface area contributed by atoms with Crippen molar-refractivity contribution in [2.75, 3.05) is 0 Å². The number of halogens is 1. The van der Waals surface area contributed by atoms with Gasteiger partial charge in [0.1, 0.15) is 5.78 Å². The van der Waals surface area contributed by atoms with Gasteiger partial charge in [0.25, 0.3) is 0 Å². The minimum Gasteiger partial charge on any atom is -0.300 e. The first-order valence-corrected chi connectivity index (χ1v) is 9.31. The maximum absolute atomic E-state index is 16.6. The topological polar surface area (TPSA) is 51.2 Å². The highest BCUT2D eigenvalue weighted by atomic mass is 19.1. The zero-order chi connectivity index (χ0) is 18.2. The quantitative estimate of drug-likeness (QED) is 0.727. The first-order chi connectivity index (χ1) is 11.6. The van der Waals surface area contributed by atoms with Crippen LogP contribution in [0.2, 0.25) is 0 Å². The highest BCUT2D eigenvalue weighted by Gasteiger charge is 2.70. The molecular weight excluding hydrogens is 319 g/mol. The van der Waals surface area contributed by atoms with Crippen molar-refractivity contribution in [1.82, 2.24) is 0 Å². The molecule has 3 nitrogen and oxygen atoms in total. The lowest BCUT2D eigenvalue weighted by Gasteiger charge is -2.58. The van der Waals surface area contributed by atoms with E-state index >= 15 is 4.39 Å². The molecule has 0 bridgehead atoms. The molecule has 0 aliphatic heterocycles. The molecule has 6 atom stereocenters. The van der Waals surface area contributed by atoms with Crippen LogP contribution in [0.25, 0.3) is 0 Å². The summed E-state index contributed by atoms with van der Waals surface area (Å²) < 4.78 is 16.6. The molecule has 4 aliphatic rings. The molecule has 0 spiro atoms. The fraction of sp³-hybridized carbons (Fsp3) is 0.667. The minimum atomic E-state index is -1.97. The average Bonchev–Trinajstić information content (AvgIpc) is 2.87. The van der Waals surface area contributed by atoms with E-state index < -0.39 is 16.5 Å². The Bertz CT molecular complexity index is 750. The van der Waals surface area contributed by atoms with Crippen LogP contribution in [-0.2, 0) is 14.4 Å². The van der Waals surface area contributed by atoms with Crippen molar-refractivity contribution in [2.24, 2.45) is 28.6 Å². The van der Waals surface area contributed by atoms with E-state index in [1.54, 1.807) is 19.9 Å². The molecule has 3 fully saturated rings. The van der Waals surface area contributed by atoms with E-state index in [9.17, 15) is 14.4 Å². The summed E-state index contributed by atoms with van der Waals surface area (Å²) in [4.78, 5) is 37.0. The lowest BCUT2D eigenvalue weighted by atomic mass is 9.45. The Morgan fingerprint density at radius 1 is 1.16 bits per heavy atom. The Balaban J connectivity index is 1.82. The third-order valence-electron chi connectivity index (χ3n) is 7.89. The monoisotopic (exact) mass is 344 g/mol. The van der Waals surface area contributed by atoms with Crippen molar-refractivity contribution in [1.29, 1.82) is 0 Å². The predicted octanol–water partition coefficient (Wildman–Crippen LogP) is 3.77. The van der Waals surface area contributed by atoms with E-state index in [-0.39, 0.29) is 41.5 Å². The van der Waals surface area contributed by atoms with Gasteiger partial charge in [0.2, 0.25) is 0 Å². The maximum Gasteiger partial charge on any atom is 0.184 e. The Labute approximate surface area is 147 Å². The molecule has 0 N–H and O–H groups in total. The molecule has 0 radical (unpaired) electrons. The van der Waals surface area contributed by atoms with Crippen molar-refractivity contribution < 1.29 is 18.8 Å². The van der Waals surface area contributed by atoms with Crippen LogP contribution in [0, 0.1) is 28.6 Å². The molecule has 4 rings (SSSR count). The molecule has 25 heavy (non-hydrogen) atoms. The number of allylic oxidation sites excluding steroid dienone is 4. The van der Waals surface area contributed by atoms with Gasteiger partial charge in [0.05, 0.1) is 0 Å². The van der Waals surface area contributed by atoms with Gasteiger partial charge in [-0.15, -0.1) is 0 Å². The van der Waals surface area contributed by atoms with Gasteiger partial charge < -0.3 is 0 Å².